The monoisotopic (exact) mass is 264 g/mol. The minimum absolute atomic E-state index is 0.0423. The standard InChI is InChI=1S/C13H20N4O2/c1-8(2)16-12(18)9(3)17-13(19)10-5-6-15-7-11(10)14-4/h5-9,14H,1-4H3,(H,16,18)(H,17,19). The third-order valence-corrected chi connectivity index (χ3v) is 2.51. The molecule has 1 rings (SSSR count). The molecule has 3 N–H and O–H groups in total. The van der Waals surface area contributed by atoms with E-state index in [-0.39, 0.29) is 17.9 Å². The SMILES string of the molecule is CNc1cnccc1C(=O)NC(C)C(=O)NC(C)C. The summed E-state index contributed by atoms with van der Waals surface area (Å²) < 4.78 is 0. The van der Waals surface area contributed by atoms with Crippen LogP contribution in [0, 0.1) is 0 Å². The Morgan fingerprint density at radius 1 is 1.21 bits per heavy atom. The molecule has 0 aliphatic rings. The first-order valence-corrected chi connectivity index (χ1v) is 6.18. The number of carbonyl (C=O) groups excluding carboxylic acids is 2. The Balaban J connectivity index is 2.71. The molecule has 6 heteroatoms. The lowest BCUT2D eigenvalue weighted by Crippen LogP contribution is -2.46. The van der Waals surface area contributed by atoms with Crippen LogP contribution in [0.1, 0.15) is 31.1 Å². The first-order chi connectivity index (χ1) is 8.95. The number of hydrogen-bond donors (Lipinski definition) is 3. The molecule has 0 radical (unpaired) electrons. The summed E-state index contributed by atoms with van der Waals surface area (Å²) in [5.74, 6) is -0.512. The van der Waals surface area contributed by atoms with E-state index in [1.807, 2.05) is 13.8 Å². The maximum atomic E-state index is 12.1. The lowest BCUT2D eigenvalue weighted by Gasteiger charge is -2.16. The second-order valence-electron chi connectivity index (χ2n) is 4.53. The maximum Gasteiger partial charge on any atom is 0.254 e. The van der Waals surface area contributed by atoms with Gasteiger partial charge in [0.2, 0.25) is 5.91 Å². The van der Waals surface area contributed by atoms with Gasteiger partial charge in [0, 0.05) is 19.3 Å². The van der Waals surface area contributed by atoms with Gasteiger partial charge in [0.05, 0.1) is 17.4 Å². The van der Waals surface area contributed by atoms with Crippen LogP contribution < -0.4 is 16.0 Å². The number of amides is 2. The normalized spacial score (nSPS) is 11.8. The topological polar surface area (TPSA) is 83.1 Å². The van der Waals surface area contributed by atoms with E-state index in [1.165, 1.54) is 6.20 Å². The molecule has 1 heterocycles. The van der Waals surface area contributed by atoms with E-state index >= 15 is 0 Å². The Morgan fingerprint density at radius 2 is 1.89 bits per heavy atom. The molecule has 104 valence electrons. The molecule has 6 nitrogen and oxygen atoms in total. The van der Waals surface area contributed by atoms with Crippen LogP contribution in [-0.2, 0) is 4.79 Å². The predicted molar refractivity (Wildman–Crippen MR) is 74.0 cm³/mol. The quantitative estimate of drug-likeness (QED) is 0.733. The highest BCUT2D eigenvalue weighted by Gasteiger charge is 2.18. The number of anilines is 1. The van der Waals surface area contributed by atoms with Crippen LogP contribution >= 0.6 is 0 Å². The maximum absolute atomic E-state index is 12.1. The molecule has 0 aliphatic heterocycles. The zero-order valence-corrected chi connectivity index (χ0v) is 11.7. The van der Waals surface area contributed by atoms with Crippen molar-refractivity contribution in [3.05, 3.63) is 24.0 Å². The number of aromatic nitrogens is 1. The summed E-state index contributed by atoms with van der Waals surface area (Å²) in [5, 5.41) is 8.29. The first-order valence-electron chi connectivity index (χ1n) is 6.18. The molecule has 1 aromatic heterocycles. The largest absolute Gasteiger partial charge is 0.386 e. The van der Waals surface area contributed by atoms with Gasteiger partial charge >= 0.3 is 0 Å². The molecule has 0 fully saturated rings. The number of pyridine rings is 1. The Kier molecular flexibility index (Phi) is 5.29. The van der Waals surface area contributed by atoms with E-state index in [1.54, 1.807) is 26.2 Å². The van der Waals surface area contributed by atoms with E-state index in [0.29, 0.717) is 11.3 Å². The first kappa shape index (κ1) is 14.9. The second kappa shape index (κ2) is 6.72. The smallest absolute Gasteiger partial charge is 0.254 e. The molecule has 1 atom stereocenters. The fourth-order valence-electron chi connectivity index (χ4n) is 1.54. The summed E-state index contributed by atoms with van der Waals surface area (Å²) >= 11 is 0. The van der Waals surface area contributed by atoms with Gasteiger partial charge in [-0.2, -0.15) is 0 Å². The van der Waals surface area contributed by atoms with Gasteiger partial charge in [-0.05, 0) is 26.8 Å². The number of rotatable bonds is 5. The zero-order chi connectivity index (χ0) is 14.4. The third-order valence-electron chi connectivity index (χ3n) is 2.51. The Bertz CT molecular complexity index is 460. The van der Waals surface area contributed by atoms with Crippen LogP contribution in [0.2, 0.25) is 0 Å². The van der Waals surface area contributed by atoms with Crippen LogP contribution in [0.5, 0.6) is 0 Å². The van der Waals surface area contributed by atoms with E-state index in [9.17, 15) is 9.59 Å². The van der Waals surface area contributed by atoms with Gasteiger partial charge in [0.1, 0.15) is 6.04 Å². The van der Waals surface area contributed by atoms with Crippen LogP contribution in [0.15, 0.2) is 18.5 Å². The van der Waals surface area contributed by atoms with Gasteiger partial charge in [0.15, 0.2) is 0 Å². The van der Waals surface area contributed by atoms with Gasteiger partial charge in [-0.25, -0.2) is 0 Å². The Hall–Kier alpha value is -2.11. The van der Waals surface area contributed by atoms with Crippen molar-refractivity contribution in [3.8, 4) is 0 Å². The number of nitrogens with zero attached hydrogens (tertiary/aromatic N) is 1. The molecule has 19 heavy (non-hydrogen) atoms. The minimum Gasteiger partial charge on any atom is -0.386 e. The van der Waals surface area contributed by atoms with Crippen molar-refractivity contribution in [2.45, 2.75) is 32.9 Å². The zero-order valence-electron chi connectivity index (χ0n) is 11.7. The van der Waals surface area contributed by atoms with Gasteiger partial charge in [-0.3, -0.25) is 14.6 Å². The van der Waals surface area contributed by atoms with Crippen molar-refractivity contribution >= 4 is 17.5 Å². The van der Waals surface area contributed by atoms with Gasteiger partial charge in [0.25, 0.3) is 5.91 Å². The van der Waals surface area contributed by atoms with Crippen molar-refractivity contribution in [3.63, 3.8) is 0 Å². The van der Waals surface area contributed by atoms with Crippen molar-refractivity contribution in [2.75, 3.05) is 12.4 Å². The van der Waals surface area contributed by atoms with Crippen LogP contribution in [0.4, 0.5) is 5.69 Å². The summed E-state index contributed by atoms with van der Waals surface area (Å²) in [7, 11) is 1.71. The second-order valence-corrected chi connectivity index (χ2v) is 4.53. The summed E-state index contributed by atoms with van der Waals surface area (Å²) in [4.78, 5) is 27.7. The summed E-state index contributed by atoms with van der Waals surface area (Å²) in [6, 6.07) is 1.06. The van der Waals surface area contributed by atoms with Crippen molar-refractivity contribution in [1.82, 2.24) is 15.6 Å². The van der Waals surface area contributed by atoms with E-state index in [2.05, 4.69) is 20.9 Å². The molecule has 0 saturated carbocycles. The lowest BCUT2D eigenvalue weighted by atomic mass is 10.2. The summed E-state index contributed by atoms with van der Waals surface area (Å²) in [5.41, 5.74) is 1.08. The molecule has 0 saturated heterocycles. The van der Waals surface area contributed by atoms with Crippen LogP contribution in [0.3, 0.4) is 0 Å². The van der Waals surface area contributed by atoms with E-state index in [4.69, 9.17) is 0 Å². The fraction of sp³-hybridized carbons (Fsp3) is 0.462. The summed E-state index contributed by atoms with van der Waals surface area (Å²) in [6.07, 6.45) is 3.10. The molecular weight excluding hydrogens is 244 g/mol. The molecular formula is C13H20N4O2. The van der Waals surface area contributed by atoms with E-state index < -0.39 is 6.04 Å². The van der Waals surface area contributed by atoms with Crippen molar-refractivity contribution < 1.29 is 9.59 Å². The molecule has 0 aromatic carbocycles. The van der Waals surface area contributed by atoms with Crippen molar-refractivity contribution in [2.24, 2.45) is 0 Å². The minimum atomic E-state index is -0.590. The molecule has 0 bridgehead atoms. The molecule has 1 unspecified atom stereocenters. The van der Waals surface area contributed by atoms with Crippen LogP contribution in [0.25, 0.3) is 0 Å². The Morgan fingerprint density at radius 3 is 2.47 bits per heavy atom. The molecule has 2 amide bonds. The van der Waals surface area contributed by atoms with Gasteiger partial charge < -0.3 is 16.0 Å². The van der Waals surface area contributed by atoms with Crippen molar-refractivity contribution in [1.29, 1.82) is 0 Å². The van der Waals surface area contributed by atoms with Crippen LogP contribution in [-0.4, -0.2) is 35.9 Å². The number of carbonyl (C=O) groups is 2. The number of hydrogen-bond acceptors (Lipinski definition) is 4. The lowest BCUT2D eigenvalue weighted by molar-refractivity contribution is -0.123. The van der Waals surface area contributed by atoms with Gasteiger partial charge in [-0.15, -0.1) is 0 Å². The molecule has 0 aliphatic carbocycles. The highest BCUT2D eigenvalue weighted by molar-refractivity contribution is 6.01. The highest BCUT2D eigenvalue weighted by atomic mass is 16.2. The highest BCUT2D eigenvalue weighted by Crippen LogP contribution is 2.12. The summed E-state index contributed by atoms with van der Waals surface area (Å²) in [6.45, 7) is 5.39. The van der Waals surface area contributed by atoms with E-state index in [0.717, 1.165) is 0 Å². The fourth-order valence-corrected chi connectivity index (χ4v) is 1.54. The molecule has 1 aromatic rings. The van der Waals surface area contributed by atoms with Gasteiger partial charge in [-0.1, -0.05) is 0 Å². The third kappa shape index (κ3) is 4.24. The molecule has 0 spiro atoms. The average molecular weight is 264 g/mol. The Labute approximate surface area is 113 Å². The number of nitrogens with one attached hydrogen (secondary N) is 3. The average Bonchev–Trinajstić information content (AvgIpc) is 2.37. The predicted octanol–water partition coefficient (Wildman–Crippen LogP) is 0.766.